The van der Waals surface area contributed by atoms with E-state index in [4.69, 9.17) is 4.74 Å². The Hall–Kier alpha value is -1.60. The standard InChI is InChI=1S/C13H18N2O4S/c1-11(16)14-6-8-15(9-7-14)20(17,18)13-5-3-4-12(10-13)19-2/h3-5,10H,6-9H2,1-2H3. The summed E-state index contributed by atoms with van der Waals surface area (Å²) in [6, 6.07) is 6.41. The predicted molar refractivity (Wildman–Crippen MR) is 74.0 cm³/mol. The van der Waals surface area contributed by atoms with Crippen molar-refractivity contribution >= 4 is 15.9 Å². The van der Waals surface area contributed by atoms with Gasteiger partial charge in [-0.3, -0.25) is 4.79 Å². The van der Waals surface area contributed by atoms with Crippen molar-refractivity contribution in [1.82, 2.24) is 9.21 Å². The zero-order valence-electron chi connectivity index (χ0n) is 11.6. The summed E-state index contributed by atoms with van der Waals surface area (Å²) in [5.41, 5.74) is 0. The average molecular weight is 298 g/mol. The lowest BCUT2D eigenvalue weighted by Crippen LogP contribution is -2.49. The van der Waals surface area contributed by atoms with Crippen molar-refractivity contribution in [3.63, 3.8) is 0 Å². The van der Waals surface area contributed by atoms with Gasteiger partial charge < -0.3 is 9.64 Å². The van der Waals surface area contributed by atoms with Crippen molar-refractivity contribution < 1.29 is 17.9 Å². The van der Waals surface area contributed by atoms with E-state index < -0.39 is 10.0 Å². The quantitative estimate of drug-likeness (QED) is 0.817. The lowest BCUT2D eigenvalue weighted by atomic mass is 10.3. The van der Waals surface area contributed by atoms with E-state index in [0.29, 0.717) is 31.9 Å². The van der Waals surface area contributed by atoms with Crippen LogP contribution >= 0.6 is 0 Å². The van der Waals surface area contributed by atoms with Crippen molar-refractivity contribution in [3.05, 3.63) is 24.3 Å². The van der Waals surface area contributed by atoms with E-state index in [9.17, 15) is 13.2 Å². The molecule has 1 aromatic rings. The summed E-state index contributed by atoms with van der Waals surface area (Å²) >= 11 is 0. The van der Waals surface area contributed by atoms with E-state index in [1.54, 1.807) is 23.1 Å². The van der Waals surface area contributed by atoms with E-state index in [2.05, 4.69) is 0 Å². The fourth-order valence-electron chi connectivity index (χ4n) is 2.15. The van der Waals surface area contributed by atoms with Crippen LogP contribution in [0.25, 0.3) is 0 Å². The molecule has 1 fully saturated rings. The summed E-state index contributed by atoms with van der Waals surface area (Å²) in [5.74, 6) is 0.483. The summed E-state index contributed by atoms with van der Waals surface area (Å²) < 4.78 is 31.5. The van der Waals surface area contributed by atoms with Gasteiger partial charge in [0.15, 0.2) is 0 Å². The van der Waals surface area contributed by atoms with Gasteiger partial charge in [0.05, 0.1) is 12.0 Å². The number of hydrogen-bond acceptors (Lipinski definition) is 4. The number of carbonyl (C=O) groups is 1. The summed E-state index contributed by atoms with van der Waals surface area (Å²) in [6.45, 7) is 2.99. The molecule has 1 saturated heterocycles. The fourth-order valence-corrected chi connectivity index (χ4v) is 3.61. The van der Waals surface area contributed by atoms with Crippen LogP contribution in [0.15, 0.2) is 29.2 Å². The Morgan fingerprint density at radius 2 is 1.85 bits per heavy atom. The van der Waals surface area contributed by atoms with Crippen molar-refractivity contribution in [2.75, 3.05) is 33.3 Å². The number of amides is 1. The number of ether oxygens (including phenoxy) is 1. The minimum Gasteiger partial charge on any atom is -0.497 e. The van der Waals surface area contributed by atoms with Crippen LogP contribution in [0, 0.1) is 0 Å². The van der Waals surface area contributed by atoms with Crippen LogP contribution in [0.5, 0.6) is 5.75 Å². The second-order valence-corrected chi connectivity index (χ2v) is 6.53. The Morgan fingerprint density at radius 3 is 2.40 bits per heavy atom. The third-order valence-corrected chi connectivity index (χ3v) is 5.26. The zero-order chi connectivity index (χ0) is 14.8. The normalized spacial score (nSPS) is 17.0. The number of piperazine rings is 1. The number of rotatable bonds is 3. The molecule has 7 heteroatoms. The molecular formula is C13H18N2O4S. The summed E-state index contributed by atoms with van der Waals surface area (Å²) in [4.78, 5) is 13.1. The molecule has 1 aromatic carbocycles. The highest BCUT2D eigenvalue weighted by Gasteiger charge is 2.29. The first kappa shape index (κ1) is 14.8. The number of nitrogens with zero attached hydrogens (tertiary/aromatic N) is 2. The van der Waals surface area contributed by atoms with Crippen LogP contribution < -0.4 is 4.74 Å². The molecule has 20 heavy (non-hydrogen) atoms. The van der Waals surface area contributed by atoms with Crippen LogP contribution in [-0.4, -0.2) is 56.8 Å². The van der Waals surface area contributed by atoms with E-state index in [-0.39, 0.29) is 10.8 Å². The summed E-state index contributed by atoms with van der Waals surface area (Å²) in [5, 5.41) is 0. The van der Waals surface area contributed by atoms with Gasteiger partial charge in [-0.05, 0) is 12.1 Å². The predicted octanol–water partition coefficient (Wildman–Crippen LogP) is 0.548. The highest BCUT2D eigenvalue weighted by molar-refractivity contribution is 7.89. The molecule has 1 amide bonds. The molecule has 0 spiro atoms. The monoisotopic (exact) mass is 298 g/mol. The van der Waals surface area contributed by atoms with E-state index in [1.165, 1.54) is 24.4 Å². The molecule has 0 aromatic heterocycles. The van der Waals surface area contributed by atoms with Gasteiger partial charge in [-0.1, -0.05) is 6.07 Å². The Morgan fingerprint density at radius 1 is 1.20 bits per heavy atom. The fraction of sp³-hybridized carbons (Fsp3) is 0.462. The van der Waals surface area contributed by atoms with Gasteiger partial charge in [0.2, 0.25) is 15.9 Å². The number of hydrogen-bond donors (Lipinski definition) is 0. The molecule has 0 atom stereocenters. The molecule has 0 radical (unpaired) electrons. The molecule has 0 aliphatic carbocycles. The van der Waals surface area contributed by atoms with Crippen molar-refractivity contribution in [3.8, 4) is 5.75 Å². The molecule has 0 bridgehead atoms. The first-order valence-corrected chi connectivity index (χ1v) is 7.79. The summed E-state index contributed by atoms with van der Waals surface area (Å²) in [6.07, 6.45) is 0. The maximum Gasteiger partial charge on any atom is 0.243 e. The van der Waals surface area contributed by atoms with Crippen LogP contribution in [0.1, 0.15) is 6.92 Å². The van der Waals surface area contributed by atoms with Crippen LogP contribution in [0.4, 0.5) is 0 Å². The molecule has 110 valence electrons. The minimum absolute atomic E-state index is 0.0246. The molecule has 0 unspecified atom stereocenters. The van der Waals surface area contributed by atoms with Gasteiger partial charge in [-0.15, -0.1) is 0 Å². The maximum atomic E-state index is 12.5. The zero-order valence-corrected chi connectivity index (χ0v) is 12.4. The Kier molecular flexibility index (Phi) is 4.29. The van der Waals surface area contributed by atoms with Gasteiger partial charge >= 0.3 is 0 Å². The molecule has 1 aliphatic rings. The number of sulfonamides is 1. The van der Waals surface area contributed by atoms with Crippen molar-refractivity contribution in [1.29, 1.82) is 0 Å². The highest BCUT2D eigenvalue weighted by atomic mass is 32.2. The molecule has 1 heterocycles. The third-order valence-electron chi connectivity index (χ3n) is 3.36. The second kappa shape index (κ2) is 5.80. The molecule has 2 rings (SSSR count). The third kappa shape index (κ3) is 2.94. The molecular weight excluding hydrogens is 280 g/mol. The van der Waals surface area contributed by atoms with Gasteiger partial charge in [-0.25, -0.2) is 8.42 Å². The molecule has 6 nitrogen and oxygen atoms in total. The first-order chi connectivity index (χ1) is 9.45. The van der Waals surface area contributed by atoms with Gasteiger partial charge in [0.1, 0.15) is 5.75 Å². The Labute approximate surface area is 119 Å². The second-order valence-electron chi connectivity index (χ2n) is 4.59. The molecule has 0 N–H and O–H groups in total. The number of methoxy groups -OCH3 is 1. The Bertz CT molecular complexity index is 592. The van der Waals surface area contributed by atoms with E-state index >= 15 is 0 Å². The lowest BCUT2D eigenvalue weighted by molar-refractivity contribution is -0.129. The summed E-state index contributed by atoms with van der Waals surface area (Å²) in [7, 11) is -2.03. The molecule has 0 saturated carbocycles. The van der Waals surface area contributed by atoms with Crippen LogP contribution in [0.3, 0.4) is 0 Å². The van der Waals surface area contributed by atoms with Crippen molar-refractivity contribution in [2.24, 2.45) is 0 Å². The lowest BCUT2D eigenvalue weighted by Gasteiger charge is -2.33. The van der Waals surface area contributed by atoms with E-state index in [1.807, 2.05) is 0 Å². The topological polar surface area (TPSA) is 66.9 Å². The number of carbonyl (C=O) groups excluding carboxylic acids is 1. The number of benzene rings is 1. The average Bonchev–Trinajstić information content (AvgIpc) is 2.47. The highest BCUT2D eigenvalue weighted by Crippen LogP contribution is 2.21. The van der Waals surface area contributed by atoms with Crippen molar-refractivity contribution in [2.45, 2.75) is 11.8 Å². The first-order valence-electron chi connectivity index (χ1n) is 6.35. The Balaban J connectivity index is 2.17. The van der Waals surface area contributed by atoms with Crippen LogP contribution in [-0.2, 0) is 14.8 Å². The van der Waals surface area contributed by atoms with Gasteiger partial charge in [0.25, 0.3) is 0 Å². The SMILES string of the molecule is COc1cccc(S(=O)(=O)N2CCN(C(C)=O)CC2)c1. The van der Waals surface area contributed by atoms with E-state index in [0.717, 1.165) is 0 Å². The largest absolute Gasteiger partial charge is 0.497 e. The minimum atomic E-state index is -3.53. The molecule has 1 aliphatic heterocycles. The maximum absolute atomic E-state index is 12.5. The smallest absolute Gasteiger partial charge is 0.243 e. The van der Waals surface area contributed by atoms with Gasteiger partial charge in [0, 0.05) is 39.2 Å². The van der Waals surface area contributed by atoms with Crippen LogP contribution in [0.2, 0.25) is 0 Å². The van der Waals surface area contributed by atoms with Gasteiger partial charge in [-0.2, -0.15) is 4.31 Å².